The summed E-state index contributed by atoms with van der Waals surface area (Å²) in [5.41, 5.74) is 6.75. The highest BCUT2D eigenvalue weighted by atomic mass is 35.5. The van der Waals surface area contributed by atoms with Gasteiger partial charge in [-0.3, -0.25) is 4.79 Å². The van der Waals surface area contributed by atoms with Crippen LogP contribution in [0.5, 0.6) is 0 Å². The van der Waals surface area contributed by atoms with Gasteiger partial charge in [-0.25, -0.2) is 9.78 Å². The Labute approximate surface area is 216 Å². The van der Waals surface area contributed by atoms with Gasteiger partial charge < -0.3 is 10.1 Å². The van der Waals surface area contributed by atoms with Crippen molar-refractivity contribution in [2.45, 2.75) is 40.5 Å². The van der Waals surface area contributed by atoms with Crippen LogP contribution in [0.1, 0.15) is 57.2 Å². The monoisotopic (exact) mass is 500 g/mol. The molecule has 36 heavy (non-hydrogen) atoms. The van der Waals surface area contributed by atoms with Crippen LogP contribution in [0.25, 0.3) is 22.2 Å². The fourth-order valence-corrected chi connectivity index (χ4v) is 4.49. The quantitative estimate of drug-likeness (QED) is 0.208. The Morgan fingerprint density at radius 2 is 1.75 bits per heavy atom. The number of hydrogen-bond acceptors (Lipinski definition) is 4. The van der Waals surface area contributed by atoms with Gasteiger partial charge in [-0.15, -0.1) is 0 Å². The molecule has 184 valence electrons. The summed E-state index contributed by atoms with van der Waals surface area (Å²) in [6.45, 7) is 8.35. The van der Waals surface area contributed by atoms with Gasteiger partial charge in [-0.2, -0.15) is 0 Å². The molecule has 1 amide bonds. The van der Waals surface area contributed by atoms with Crippen LogP contribution in [0.2, 0.25) is 5.02 Å². The number of esters is 1. The van der Waals surface area contributed by atoms with E-state index >= 15 is 0 Å². The lowest BCUT2D eigenvalue weighted by molar-refractivity contribution is 0.0499. The van der Waals surface area contributed by atoms with E-state index in [0.717, 1.165) is 46.0 Å². The van der Waals surface area contributed by atoms with Gasteiger partial charge in [0.25, 0.3) is 5.91 Å². The molecular formula is C30H29ClN2O3. The van der Waals surface area contributed by atoms with Crippen LogP contribution in [0.15, 0.2) is 60.7 Å². The number of aryl methyl sites for hydroxylation is 2. The number of aromatic nitrogens is 1. The number of nitrogens with one attached hydrogen (secondary N) is 1. The zero-order valence-electron chi connectivity index (χ0n) is 20.9. The van der Waals surface area contributed by atoms with Gasteiger partial charge in [0.1, 0.15) is 0 Å². The molecule has 1 aromatic heterocycles. The maximum atomic E-state index is 13.7. The van der Waals surface area contributed by atoms with Gasteiger partial charge in [0.2, 0.25) is 0 Å². The molecule has 0 bridgehead atoms. The van der Waals surface area contributed by atoms with Crippen LogP contribution in [0.4, 0.5) is 5.69 Å². The fraction of sp³-hybridized carbons (Fsp3) is 0.233. The van der Waals surface area contributed by atoms with Gasteiger partial charge >= 0.3 is 5.97 Å². The maximum absolute atomic E-state index is 13.7. The number of amides is 1. The summed E-state index contributed by atoms with van der Waals surface area (Å²) in [4.78, 5) is 30.8. The lowest BCUT2D eigenvalue weighted by Gasteiger charge is -2.17. The van der Waals surface area contributed by atoms with Crippen molar-refractivity contribution >= 4 is 40.1 Å². The lowest BCUT2D eigenvalue weighted by Crippen LogP contribution is -2.16. The van der Waals surface area contributed by atoms with Crippen molar-refractivity contribution in [1.82, 2.24) is 4.98 Å². The largest absolute Gasteiger partial charge is 0.462 e. The molecule has 0 atom stereocenters. The lowest BCUT2D eigenvalue weighted by atomic mass is 9.94. The summed E-state index contributed by atoms with van der Waals surface area (Å²) in [6, 6.07) is 18.3. The summed E-state index contributed by atoms with van der Waals surface area (Å²) >= 11 is 6.26. The van der Waals surface area contributed by atoms with Gasteiger partial charge in [0.15, 0.2) is 0 Å². The van der Waals surface area contributed by atoms with E-state index in [0.29, 0.717) is 34.1 Å². The van der Waals surface area contributed by atoms with Crippen molar-refractivity contribution in [2.75, 3.05) is 11.9 Å². The Bertz CT molecular complexity index is 1450. The second-order valence-electron chi connectivity index (χ2n) is 8.97. The predicted molar refractivity (Wildman–Crippen MR) is 146 cm³/mol. The van der Waals surface area contributed by atoms with E-state index in [1.54, 1.807) is 24.3 Å². The molecule has 0 spiro atoms. The van der Waals surface area contributed by atoms with Gasteiger partial charge in [-0.1, -0.05) is 48.7 Å². The minimum atomic E-state index is -0.366. The molecule has 4 aromatic rings. The molecular weight excluding hydrogens is 472 g/mol. The van der Waals surface area contributed by atoms with E-state index in [9.17, 15) is 9.59 Å². The van der Waals surface area contributed by atoms with Gasteiger partial charge in [0, 0.05) is 21.7 Å². The highest BCUT2D eigenvalue weighted by molar-refractivity contribution is 6.30. The molecule has 0 saturated heterocycles. The standard InChI is InChI=1S/C30H29ClN2O3/c1-5-6-14-36-30(35)21-10-12-24(13-11-21)32-29(34)26-20(4)28(22-8-7-9-23(31)17-22)33-27-19(3)15-18(2)16-25(26)27/h7-13,15-17H,5-6,14H2,1-4H3,(H,32,34). The minimum absolute atomic E-state index is 0.244. The van der Waals surface area contributed by atoms with Crippen molar-refractivity contribution in [3.63, 3.8) is 0 Å². The minimum Gasteiger partial charge on any atom is -0.462 e. The first-order chi connectivity index (χ1) is 17.3. The van der Waals surface area contributed by atoms with Gasteiger partial charge in [0.05, 0.1) is 28.9 Å². The molecule has 5 nitrogen and oxygen atoms in total. The summed E-state index contributed by atoms with van der Waals surface area (Å²) in [5, 5.41) is 4.39. The molecule has 6 heteroatoms. The van der Waals surface area contributed by atoms with Crippen LogP contribution in [0.3, 0.4) is 0 Å². The summed E-state index contributed by atoms with van der Waals surface area (Å²) in [6.07, 6.45) is 1.79. The topological polar surface area (TPSA) is 68.3 Å². The van der Waals surface area contributed by atoms with E-state index < -0.39 is 0 Å². The van der Waals surface area contributed by atoms with E-state index in [4.69, 9.17) is 21.3 Å². The third-order valence-electron chi connectivity index (χ3n) is 6.10. The van der Waals surface area contributed by atoms with Crippen molar-refractivity contribution in [3.8, 4) is 11.3 Å². The number of hydrogen-bond donors (Lipinski definition) is 1. The number of benzene rings is 3. The second kappa shape index (κ2) is 10.9. The Morgan fingerprint density at radius 1 is 1.00 bits per heavy atom. The van der Waals surface area contributed by atoms with Crippen LogP contribution >= 0.6 is 11.6 Å². The highest BCUT2D eigenvalue weighted by Gasteiger charge is 2.21. The van der Waals surface area contributed by atoms with Crippen molar-refractivity contribution in [2.24, 2.45) is 0 Å². The molecule has 1 heterocycles. The Balaban J connectivity index is 1.72. The fourth-order valence-electron chi connectivity index (χ4n) is 4.30. The Hall–Kier alpha value is -3.70. The number of nitrogens with zero attached hydrogens (tertiary/aromatic N) is 1. The Morgan fingerprint density at radius 3 is 2.44 bits per heavy atom. The average Bonchev–Trinajstić information content (AvgIpc) is 2.84. The molecule has 1 N–H and O–H groups in total. The zero-order valence-corrected chi connectivity index (χ0v) is 21.7. The van der Waals surface area contributed by atoms with Crippen LogP contribution < -0.4 is 5.32 Å². The number of fused-ring (bicyclic) bond motifs is 1. The number of carbonyl (C=O) groups is 2. The highest BCUT2D eigenvalue weighted by Crippen LogP contribution is 2.33. The molecule has 3 aromatic carbocycles. The van der Waals surface area contributed by atoms with E-state index in [-0.39, 0.29) is 11.9 Å². The molecule has 0 fully saturated rings. The first-order valence-electron chi connectivity index (χ1n) is 12.0. The van der Waals surface area contributed by atoms with E-state index in [2.05, 4.69) is 11.4 Å². The molecule has 0 aliphatic rings. The average molecular weight is 501 g/mol. The SMILES string of the molecule is CCCCOC(=O)c1ccc(NC(=O)c2c(C)c(-c3cccc(Cl)c3)nc3c(C)cc(C)cc23)cc1. The summed E-state index contributed by atoms with van der Waals surface area (Å²) in [5.74, 6) is -0.610. The van der Waals surface area contributed by atoms with Crippen LogP contribution in [-0.4, -0.2) is 23.5 Å². The normalized spacial score (nSPS) is 10.9. The third-order valence-corrected chi connectivity index (χ3v) is 6.34. The number of ether oxygens (including phenoxy) is 1. The summed E-state index contributed by atoms with van der Waals surface area (Å²) < 4.78 is 5.27. The van der Waals surface area contributed by atoms with E-state index in [1.807, 2.05) is 58.0 Å². The van der Waals surface area contributed by atoms with Crippen LogP contribution in [0, 0.1) is 20.8 Å². The smallest absolute Gasteiger partial charge is 0.338 e. The molecule has 0 saturated carbocycles. The molecule has 0 unspecified atom stereocenters. The second-order valence-corrected chi connectivity index (χ2v) is 9.41. The third kappa shape index (κ3) is 5.42. The molecule has 0 aliphatic carbocycles. The first kappa shape index (κ1) is 25.4. The predicted octanol–water partition coefficient (Wildman–Crippen LogP) is 7.69. The van der Waals surface area contributed by atoms with Crippen LogP contribution in [-0.2, 0) is 4.74 Å². The van der Waals surface area contributed by atoms with E-state index in [1.165, 1.54) is 0 Å². The van der Waals surface area contributed by atoms with Gasteiger partial charge in [-0.05, 0) is 80.8 Å². The number of halogens is 1. The number of rotatable bonds is 7. The Kier molecular flexibility index (Phi) is 7.70. The number of unbranched alkanes of at least 4 members (excludes halogenated alkanes) is 1. The number of carbonyl (C=O) groups excluding carboxylic acids is 2. The first-order valence-corrected chi connectivity index (χ1v) is 12.4. The molecule has 0 aliphatic heterocycles. The van der Waals surface area contributed by atoms with Crippen molar-refractivity contribution in [1.29, 1.82) is 0 Å². The summed E-state index contributed by atoms with van der Waals surface area (Å²) in [7, 11) is 0. The number of anilines is 1. The van der Waals surface area contributed by atoms with Crippen molar-refractivity contribution < 1.29 is 14.3 Å². The van der Waals surface area contributed by atoms with Crippen molar-refractivity contribution in [3.05, 3.63) is 93.5 Å². The molecule has 4 rings (SSSR count). The maximum Gasteiger partial charge on any atom is 0.338 e. The molecule has 0 radical (unpaired) electrons. The number of pyridine rings is 1. The zero-order chi connectivity index (χ0) is 25.8.